The topological polar surface area (TPSA) is 114 Å². The maximum absolute atomic E-state index is 12.3. The minimum atomic E-state index is -0.627. The number of carbonyl (C=O) groups excluding carboxylic acids is 2. The lowest BCUT2D eigenvalue weighted by Crippen LogP contribution is -2.47. The summed E-state index contributed by atoms with van der Waals surface area (Å²) < 4.78 is 0. The molecule has 1 heterocycles. The molecular weight excluding hydrogens is 360 g/mol. The molecule has 1 aliphatic rings. The molecule has 0 aliphatic carbocycles. The van der Waals surface area contributed by atoms with Crippen LogP contribution in [0.4, 0.5) is 5.69 Å². The number of nitro groups is 1. The van der Waals surface area contributed by atoms with E-state index in [2.05, 4.69) is 15.6 Å². The summed E-state index contributed by atoms with van der Waals surface area (Å²) in [5, 5.41) is 16.3. The molecule has 9 heteroatoms. The maximum Gasteiger partial charge on any atom is 0.269 e. The quantitative estimate of drug-likeness (QED) is 0.636. The number of rotatable bonds is 3. The van der Waals surface area contributed by atoms with Crippen molar-refractivity contribution >= 4 is 35.1 Å². The SMILES string of the molecule is O=C1C[C@H](c2cccc([N+](=O)[O-])c2)N=C(NC(=O)c2cccc(Cl)c2)N1. The first kappa shape index (κ1) is 17.6. The summed E-state index contributed by atoms with van der Waals surface area (Å²) in [6, 6.07) is 11.6. The van der Waals surface area contributed by atoms with Crippen molar-refractivity contribution in [2.75, 3.05) is 0 Å². The van der Waals surface area contributed by atoms with Gasteiger partial charge in [0.05, 0.1) is 17.4 Å². The molecule has 132 valence electrons. The number of hydrogen-bond donors (Lipinski definition) is 2. The zero-order chi connectivity index (χ0) is 18.7. The predicted octanol–water partition coefficient (Wildman–Crippen LogP) is 2.60. The van der Waals surface area contributed by atoms with Crippen LogP contribution < -0.4 is 10.6 Å². The van der Waals surface area contributed by atoms with Gasteiger partial charge >= 0.3 is 0 Å². The summed E-state index contributed by atoms with van der Waals surface area (Å²) >= 11 is 5.86. The molecule has 2 aromatic carbocycles. The zero-order valence-electron chi connectivity index (χ0n) is 13.3. The second-order valence-corrected chi connectivity index (χ2v) is 6.00. The lowest BCUT2D eigenvalue weighted by molar-refractivity contribution is -0.384. The number of amides is 2. The molecule has 0 bridgehead atoms. The molecule has 2 N–H and O–H groups in total. The molecule has 1 atom stereocenters. The Balaban J connectivity index is 1.83. The van der Waals surface area contributed by atoms with Crippen LogP contribution in [-0.4, -0.2) is 22.7 Å². The Morgan fingerprint density at radius 1 is 1.27 bits per heavy atom. The first-order valence-electron chi connectivity index (χ1n) is 7.61. The Morgan fingerprint density at radius 3 is 2.77 bits per heavy atom. The molecule has 26 heavy (non-hydrogen) atoms. The molecular formula is C17H13ClN4O4. The molecule has 1 aliphatic heterocycles. The summed E-state index contributed by atoms with van der Waals surface area (Å²) in [5.74, 6) is -0.841. The summed E-state index contributed by atoms with van der Waals surface area (Å²) in [6.07, 6.45) is 0.0255. The van der Waals surface area contributed by atoms with Crippen LogP contribution in [0.1, 0.15) is 28.4 Å². The van der Waals surface area contributed by atoms with Gasteiger partial charge in [-0.05, 0) is 23.8 Å². The van der Waals surface area contributed by atoms with Crippen molar-refractivity contribution in [1.82, 2.24) is 10.6 Å². The Bertz CT molecular complexity index is 928. The van der Waals surface area contributed by atoms with Gasteiger partial charge in [0.25, 0.3) is 11.6 Å². The number of aliphatic imine (C=N–C) groups is 1. The molecule has 0 aromatic heterocycles. The van der Waals surface area contributed by atoms with Crippen LogP contribution in [0.5, 0.6) is 0 Å². The number of nitrogens with zero attached hydrogens (tertiary/aromatic N) is 2. The van der Waals surface area contributed by atoms with Gasteiger partial charge in [-0.3, -0.25) is 30.3 Å². The molecule has 2 amide bonds. The largest absolute Gasteiger partial charge is 0.296 e. The highest BCUT2D eigenvalue weighted by Gasteiger charge is 2.25. The highest BCUT2D eigenvalue weighted by Crippen LogP contribution is 2.26. The van der Waals surface area contributed by atoms with Gasteiger partial charge in [-0.25, -0.2) is 4.99 Å². The highest BCUT2D eigenvalue weighted by molar-refractivity contribution is 6.31. The Morgan fingerprint density at radius 2 is 2.04 bits per heavy atom. The van der Waals surface area contributed by atoms with E-state index in [9.17, 15) is 19.7 Å². The third kappa shape index (κ3) is 4.04. The molecule has 8 nitrogen and oxygen atoms in total. The van der Waals surface area contributed by atoms with Crippen molar-refractivity contribution in [3.05, 3.63) is 74.8 Å². The summed E-state index contributed by atoms with van der Waals surface area (Å²) in [6.45, 7) is 0. The van der Waals surface area contributed by atoms with Gasteiger partial charge in [0.2, 0.25) is 11.9 Å². The normalized spacial score (nSPS) is 16.4. The fraction of sp³-hybridized carbons (Fsp3) is 0.118. The van der Waals surface area contributed by atoms with Crippen LogP contribution in [0.15, 0.2) is 53.5 Å². The van der Waals surface area contributed by atoms with Crippen LogP contribution >= 0.6 is 11.6 Å². The molecule has 0 saturated heterocycles. The van der Waals surface area contributed by atoms with Crippen molar-refractivity contribution < 1.29 is 14.5 Å². The molecule has 0 spiro atoms. The molecule has 2 aromatic rings. The average molecular weight is 373 g/mol. The first-order valence-corrected chi connectivity index (χ1v) is 7.99. The van der Waals surface area contributed by atoms with E-state index in [1.54, 1.807) is 24.3 Å². The van der Waals surface area contributed by atoms with Crippen molar-refractivity contribution in [1.29, 1.82) is 0 Å². The van der Waals surface area contributed by atoms with Crippen molar-refractivity contribution in [2.45, 2.75) is 12.5 Å². The molecule has 0 radical (unpaired) electrons. The van der Waals surface area contributed by atoms with Gasteiger partial charge in [-0.2, -0.15) is 0 Å². The van der Waals surface area contributed by atoms with Gasteiger partial charge in [-0.15, -0.1) is 0 Å². The number of hydrogen-bond acceptors (Lipinski definition) is 5. The standard InChI is InChI=1S/C17H13ClN4O4/c18-12-5-1-4-11(7-12)16(24)21-17-19-14(9-15(23)20-17)10-3-2-6-13(8-10)22(25)26/h1-8,14H,9H2,(H2,19,20,21,23,24)/t14-/m1/s1. The van der Waals surface area contributed by atoms with Crippen molar-refractivity contribution in [2.24, 2.45) is 4.99 Å². The Kier molecular flexibility index (Phi) is 4.94. The van der Waals surface area contributed by atoms with E-state index in [4.69, 9.17) is 11.6 Å². The number of non-ortho nitro benzene ring substituents is 1. The monoisotopic (exact) mass is 372 g/mol. The summed E-state index contributed by atoms with van der Waals surface area (Å²) in [5.41, 5.74) is 0.740. The van der Waals surface area contributed by atoms with E-state index >= 15 is 0 Å². The van der Waals surface area contributed by atoms with E-state index in [1.807, 2.05) is 0 Å². The first-order chi connectivity index (χ1) is 12.4. The molecule has 0 fully saturated rings. The van der Waals surface area contributed by atoms with Gasteiger partial charge in [0.1, 0.15) is 0 Å². The third-order valence-electron chi connectivity index (χ3n) is 3.71. The van der Waals surface area contributed by atoms with Gasteiger partial charge in [-0.1, -0.05) is 29.8 Å². The van der Waals surface area contributed by atoms with Gasteiger partial charge in [0.15, 0.2) is 0 Å². The zero-order valence-corrected chi connectivity index (χ0v) is 14.1. The minimum absolute atomic E-state index is 0.0114. The van der Waals surface area contributed by atoms with E-state index in [-0.39, 0.29) is 24.0 Å². The minimum Gasteiger partial charge on any atom is -0.296 e. The number of benzene rings is 2. The van der Waals surface area contributed by atoms with Crippen LogP contribution in [0.3, 0.4) is 0 Å². The predicted molar refractivity (Wildman–Crippen MR) is 95.0 cm³/mol. The molecule has 3 rings (SSSR count). The Labute approximate surface area is 153 Å². The van der Waals surface area contributed by atoms with Crippen molar-refractivity contribution in [3.63, 3.8) is 0 Å². The van der Waals surface area contributed by atoms with Crippen molar-refractivity contribution in [3.8, 4) is 0 Å². The van der Waals surface area contributed by atoms with E-state index in [0.29, 0.717) is 16.1 Å². The lowest BCUT2D eigenvalue weighted by Gasteiger charge is -2.21. The summed E-state index contributed by atoms with van der Waals surface area (Å²) in [4.78, 5) is 38.9. The third-order valence-corrected chi connectivity index (χ3v) is 3.94. The number of nitrogens with one attached hydrogen (secondary N) is 2. The van der Waals surface area contributed by atoms with Crippen LogP contribution in [0.25, 0.3) is 0 Å². The Hall–Kier alpha value is -3.26. The van der Waals surface area contributed by atoms with Gasteiger partial charge in [0, 0.05) is 22.7 Å². The second kappa shape index (κ2) is 7.32. The number of guanidine groups is 1. The summed E-state index contributed by atoms with van der Waals surface area (Å²) in [7, 11) is 0. The number of nitro benzene ring substituents is 1. The number of halogens is 1. The fourth-order valence-corrected chi connectivity index (χ4v) is 2.69. The smallest absolute Gasteiger partial charge is 0.269 e. The second-order valence-electron chi connectivity index (χ2n) is 5.56. The van der Waals surface area contributed by atoms with E-state index in [0.717, 1.165) is 0 Å². The van der Waals surface area contributed by atoms with E-state index < -0.39 is 16.9 Å². The average Bonchev–Trinajstić information content (AvgIpc) is 2.61. The molecule has 0 unspecified atom stereocenters. The lowest BCUT2D eigenvalue weighted by atomic mass is 10.0. The fourth-order valence-electron chi connectivity index (χ4n) is 2.50. The van der Waals surface area contributed by atoms with Crippen LogP contribution in [0.2, 0.25) is 5.02 Å². The number of carbonyl (C=O) groups is 2. The van der Waals surface area contributed by atoms with Crippen LogP contribution in [0, 0.1) is 10.1 Å². The highest BCUT2D eigenvalue weighted by atomic mass is 35.5. The maximum atomic E-state index is 12.3. The van der Waals surface area contributed by atoms with Gasteiger partial charge < -0.3 is 0 Å². The van der Waals surface area contributed by atoms with Crippen LogP contribution in [-0.2, 0) is 4.79 Å². The molecule has 0 saturated carbocycles. The van der Waals surface area contributed by atoms with E-state index in [1.165, 1.54) is 24.3 Å².